The molecule has 0 aliphatic heterocycles. The number of benzene rings is 1. The second kappa shape index (κ2) is 3.52. The van der Waals surface area contributed by atoms with Crippen LogP contribution in [0.5, 0.6) is 0 Å². The number of ether oxygens (including phenoxy) is 1. The molecule has 2 nitrogen and oxygen atoms in total. The molecule has 0 fully saturated rings. The lowest BCUT2D eigenvalue weighted by atomic mass is 10.2. The maximum Gasteiger partial charge on any atom is 0.135 e. The van der Waals surface area contributed by atoms with Gasteiger partial charge in [-0.05, 0) is 18.2 Å². The van der Waals surface area contributed by atoms with Crippen molar-refractivity contribution >= 4 is 26.9 Å². The van der Waals surface area contributed by atoms with Gasteiger partial charge in [0, 0.05) is 22.5 Å². The first-order chi connectivity index (χ1) is 6.31. The predicted molar refractivity (Wildman–Crippen MR) is 54.6 cm³/mol. The Bertz CT molecular complexity index is 420. The third kappa shape index (κ3) is 1.62. The van der Waals surface area contributed by atoms with Gasteiger partial charge < -0.3 is 9.15 Å². The van der Waals surface area contributed by atoms with E-state index in [0.717, 1.165) is 21.0 Å². The summed E-state index contributed by atoms with van der Waals surface area (Å²) in [7, 11) is 1.68. The Hall–Kier alpha value is -0.800. The number of rotatable bonds is 2. The molecule has 2 aromatic rings. The monoisotopic (exact) mass is 240 g/mol. The Morgan fingerprint density at radius 2 is 2.31 bits per heavy atom. The van der Waals surface area contributed by atoms with Crippen molar-refractivity contribution < 1.29 is 9.15 Å². The van der Waals surface area contributed by atoms with Gasteiger partial charge in [0.05, 0.1) is 12.9 Å². The second-order valence-corrected chi connectivity index (χ2v) is 3.75. The average Bonchev–Trinajstić information content (AvgIpc) is 2.49. The van der Waals surface area contributed by atoms with E-state index in [2.05, 4.69) is 15.9 Å². The lowest BCUT2D eigenvalue weighted by molar-refractivity contribution is 0.185. The Morgan fingerprint density at radius 3 is 3.08 bits per heavy atom. The fourth-order valence-corrected chi connectivity index (χ4v) is 1.66. The van der Waals surface area contributed by atoms with E-state index in [-0.39, 0.29) is 0 Å². The third-order valence-corrected chi connectivity index (χ3v) is 2.41. The molecule has 3 heteroatoms. The van der Waals surface area contributed by atoms with Crippen LogP contribution < -0.4 is 0 Å². The molecule has 0 bridgehead atoms. The van der Waals surface area contributed by atoms with Gasteiger partial charge in [0.15, 0.2) is 0 Å². The van der Waals surface area contributed by atoms with Crippen LogP contribution in [0.4, 0.5) is 0 Å². The highest BCUT2D eigenvalue weighted by Gasteiger charge is 2.04. The molecule has 0 radical (unpaired) electrons. The van der Waals surface area contributed by atoms with E-state index in [0.29, 0.717) is 6.61 Å². The predicted octanol–water partition coefficient (Wildman–Crippen LogP) is 3.34. The van der Waals surface area contributed by atoms with Gasteiger partial charge in [0.2, 0.25) is 0 Å². The molecule has 68 valence electrons. The summed E-state index contributed by atoms with van der Waals surface area (Å²) in [6.07, 6.45) is 1.74. The number of halogens is 1. The first-order valence-corrected chi connectivity index (χ1v) is 4.75. The minimum absolute atomic E-state index is 0.592. The van der Waals surface area contributed by atoms with Crippen LogP contribution in [0.3, 0.4) is 0 Å². The quantitative estimate of drug-likeness (QED) is 0.804. The summed E-state index contributed by atoms with van der Waals surface area (Å²) in [6, 6.07) is 5.97. The summed E-state index contributed by atoms with van der Waals surface area (Å²) in [5, 5.41) is 1.12. The molecule has 0 N–H and O–H groups in total. The summed E-state index contributed by atoms with van der Waals surface area (Å²) >= 11 is 3.39. The van der Waals surface area contributed by atoms with E-state index in [4.69, 9.17) is 9.15 Å². The van der Waals surface area contributed by atoms with E-state index in [1.165, 1.54) is 0 Å². The standard InChI is InChI=1S/C10H9BrO2/c1-12-5-7-6-13-10-4-8(11)2-3-9(7)10/h2-4,6H,5H2,1H3. The Kier molecular flexibility index (Phi) is 2.38. The molecule has 0 amide bonds. The number of fused-ring (bicyclic) bond motifs is 1. The van der Waals surface area contributed by atoms with E-state index in [1.54, 1.807) is 13.4 Å². The molecule has 0 aliphatic rings. The first-order valence-electron chi connectivity index (χ1n) is 3.96. The highest BCUT2D eigenvalue weighted by atomic mass is 79.9. The Balaban J connectivity index is 2.55. The van der Waals surface area contributed by atoms with Crippen LogP contribution in [-0.2, 0) is 11.3 Å². The van der Waals surface area contributed by atoms with Crippen LogP contribution in [0.25, 0.3) is 11.0 Å². The molecule has 0 aliphatic carbocycles. The molecule has 0 atom stereocenters. The average molecular weight is 241 g/mol. The minimum Gasteiger partial charge on any atom is -0.464 e. The van der Waals surface area contributed by atoms with Crippen LogP contribution in [0.1, 0.15) is 5.56 Å². The van der Waals surface area contributed by atoms with Gasteiger partial charge in [0.1, 0.15) is 5.58 Å². The van der Waals surface area contributed by atoms with Gasteiger partial charge in [-0.15, -0.1) is 0 Å². The maximum absolute atomic E-state index is 5.37. The molecular weight excluding hydrogens is 232 g/mol. The zero-order chi connectivity index (χ0) is 9.26. The van der Waals surface area contributed by atoms with Crippen LogP contribution >= 0.6 is 15.9 Å². The largest absolute Gasteiger partial charge is 0.464 e. The van der Waals surface area contributed by atoms with Crippen LogP contribution in [0, 0.1) is 0 Å². The Morgan fingerprint density at radius 1 is 1.46 bits per heavy atom. The van der Waals surface area contributed by atoms with Gasteiger partial charge in [0.25, 0.3) is 0 Å². The fraction of sp³-hybridized carbons (Fsp3) is 0.200. The normalized spacial score (nSPS) is 10.9. The number of methoxy groups -OCH3 is 1. The van der Waals surface area contributed by atoms with Crippen molar-refractivity contribution in [1.29, 1.82) is 0 Å². The molecule has 1 aromatic heterocycles. The number of hydrogen-bond donors (Lipinski definition) is 0. The maximum atomic E-state index is 5.37. The van der Waals surface area contributed by atoms with Crippen molar-refractivity contribution in [1.82, 2.24) is 0 Å². The molecule has 1 aromatic carbocycles. The summed E-state index contributed by atoms with van der Waals surface area (Å²) in [4.78, 5) is 0. The zero-order valence-corrected chi connectivity index (χ0v) is 8.80. The third-order valence-electron chi connectivity index (χ3n) is 1.92. The van der Waals surface area contributed by atoms with E-state index in [1.807, 2.05) is 18.2 Å². The van der Waals surface area contributed by atoms with Gasteiger partial charge in [-0.2, -0.15) is 0 Å². The summed E-state index contributed by atoms with van der Waals surface area (Å²) in [5.74, 6) is 0. The lowest BCUT2D eigenvalue weighted by Gasteiger charge is -1.94. The van der Waals surface area contributed by atoms with Crippen molar-refractivity contribution in [2.45, 2.75) is 6.61 Å². The van der Waals surface area contributed by atoms with Gasteiger partial charge >= 0.3 is 0 Å². The molecule has 0 spiro atoms. The minimum atomic E-state index is 0.592. The lowest BCUT2D eigenvalue weighted by Crippen LogP contribution is -1.83. The van der Waals surface area contributed by atoms with Gasteiger partial charge in [-0.3, -0.25) is 0 Å². The molecule has 1 heterocycles. The topological polar surface area (TPSA) is 22.4 Å². The summed E-state index contributed by atoms with van der Waals surface area (Å²) in [5.41, 5.74) is 1.98. The number of furan rings is 1. The molecular formula is C10H9BrO2. The van der Waals surface area contributed by atoms with Crippen LogP contribution in [0.15, 0.2) is 33.4 Å². The van der Waals surface area contributed by atoms with E-state index in [9.17, 15) is 0 Å². The van der Waals surface area contributed by atoms with Crippen molar-refractivity contribution in [3.8, 4) is 0 Å². The molecule has 2 rings (SSSR count). The van der Waals surface area contributed by atoms with Crippen LogP contribution in [-0.4, -0.2) is 7.11 Å². The van der Waals surface area contributed by atoms with Crippen molar-refractivity contribution in [3.05, 3.63) is 34.5 Å². The van der Waals surface area contributed by atoms with E-state index >= 15 is 0 Å². The molecule has 0 saturated heterocycles. The highest BCUT2D eigenvalue weighted by molar-refractivity contribution is 9.10. The highest BCUT2D eigenvalue weighted by Crippen LogP contribution is 2.24. The summed E-state index contributed by atoms with van der Waals surface area (Å²) < 4.78 is 11.5. The van der Waals surface area contributed by atoms with Gasteiger partial charge in [-0.1, -0.05) is 15.9 Å². The summed E-state index contributed by atoms with van der Waals surface area (Å²) in [6.45, 7) is 0.592. The second-order valence-electron chi connectivity index (χ2n) is 2.83. The zero-order valence-electron chi connectivity index (χ0n) is 7.21. The van der Waals surface area contributed by atoms with Crippen molar-refractivity contribution in [2.75, 3.05) is 7.11 Å². The number of hydrogen-bond acceptors (Lipinski definition) is 2. The molecule has 13 heavy (non-hydrogen) atoms. The first kappa shape index (κ1) is 8.78. The van der Waals surface area contributed by atoms with Crippen LogP contribution in [0.2, 0.25) is 0 Å². The van der Waals surface area contributed by atoms with Crippen molar-refractivity contribution in [3.63, 3.8) is 0 Å². The Labute approximate surface area is 84.6 Å². The fourth-order valence-electron chi connectivity index (χ4n) is 1.32. The SMILES string of the molecule is COCc1coc2cc(Br)ccc12. The van der Waals surface area contributed by atoms with Crippen molar-refractivity contribution in [2.24, 2.45) is 0 Å². The molecule has 0 saturated carbocycles. The smallest absolute Gasteiger partial charge is 0.135 e. The van der Waals surface area contributed by atoms with E-state index < -0.39 is 0 Å². The van der Waals surface area contributed by atoms with Gasteiger partial charge in [-0.25, -0.2) is 0 Å². The molecule has 0 unspecified atom stereocenters.